The normalized spacial score (nSPS) is 35.0. The molecule has 2 atom stereocenters. The fourth-order valence-corrected chi connectivity index (χ4v) is 2.39. The Bertz CT molecular complexity index is 143. The molecule has 11 heavy (non-hydrogen) atoms. The minimum absolute atomic E-state index is 0.00877. The van der Waals surface area contributed by atoms with Crippen molar-refractivity contribution < 1.29 is 4.74 Å². The lowest BCUT2D eigenvalue weighted by atomic mass is 10.1. The second kappa shape index (κ2) is 3.74. The van der Waals surface area contributed by atoms with Gasteiger partial charge in [0, 0.05) is 16.8 Å². The summed E-state index contributed by atoms with van der Waals surface area (Å²) in [6, 6.07) is 0. The Kier molecular flexibility index (Phi) is 3.16. The molecule has 0 saturated carbocycles. The molecule has 0 aromatic heterocycles. The zero-order chi connectivity index (χ0) is 8.32. The SMILES string of the molecule is C=CC(Cl)C1([SiH3])CCCCO1. The molecule has 2 unspecified atom stereocenters. The first-order valence-electron chi connectivity index (χ1n) is 4.09. The summed E-state index contributed by atoms with van der Waals surface area (Å²) in [6.45, 7) is 4.57. The van der Waals surface area contributed by atoms with Gasteiger partial charge < -0.3 is 4.74 Å². The van der Waals surface area contributed by atoms with Gasteiger partial charge in [-0.3, -0.25) is 0 Å². The maximum atomic E-state index is 6.08. The second-order valence-electron chi connectivity index (χ2n) is 3.26. The molecule has 0 aliphatic carbocycles. The smallest absolute Gasteiger partial charge is 0.0763 e. The maximum Gasteiger partial charge on any atom is 0.0763 e. The molecule has 1 nitrogen and oxygen atoms in total. The summed E-state index contributed by atoms with van der Waals surface area (Å²) < 4.78 is 5.68. The van der Waals surface area contributed by atoms with Gasteiger partial charge >= 0.3 is 0 Å². The van der Waals surface area contributed by atoms with Gasteiger partial charge in [0.25, 0.3) is 0 Å². The van der Waals surface area contributed by atoms with Crippen molar-refractivity contribution in [1.29, 1.82) is 0 Å². The van der Waals surface area contributed by atoms with E-state index in [4.69, 9.17) is 16.3 Å². The third kappa shape index (κ3) is 2.07. The summed E-state index contributed by atoms with van der Waals surface area (Å²) in [6.07, 6.45) is 5.34. The highest BCUT2D eigenvalue weighted by molar-refractivity contribution is 6.29. The number of rotatable bonds is 2. The highest BCUT2D eigenvalue weighted by Gasteiger charge is 2.33. The van der Waals surface area contributed by atoms with Crippen molar-refractivity contribution in [1.82, 2.24) is 0 Å². The molecule has 1 heterocycles. The van der Waals surface area contributed by atoms with Gasteiger partial charge in [0.15, 0.2) is 0 Å². The lowest BCUT2D eigenvalue weighted by Gasteiger charge is -2.36. The summed E-state index contributed by atoms with van der Waals surface area (Å²) in [5, 5.41) is -0.0175. The van der Waals surface area contributed by atoms with Crippen LogP contribution in [0, 0.1) is 0 Å². The fraction of sp³-hybridized carbons (Fsp3) is 0.750. The van der Waals surface area contributed by atoms with Crippen LogP contribution in [0.4, 0.5) is 0 Å². The zero-order valence-electron chi connectivity index (χ0n) is 6.98. The standard InChI is InChI=1S/C8H15ClOSi/c1-2-7(9)8(11)5-3-4-6-10-8/h2,7H,1,3-6H2,11H3. The fourth-order valence-electron chi connectivity index (χ4n) is 1.42. The van der Waals surface area contributed by atoms with Crippen molar-refractivity contribution in [3.63, 3.8) is 0 Å². The monoisotopic (exact) mass is 190 g/mol. The Morgan fingerprint density at radius 3 is 2.82 bits per heavy atom. The van der Waals surface area contributed by atoms with Gasteiger partial charge in [-0.2, -0.15) is 0 Å². The third-order valence-corrected chi connectivity index (χ3v) is 4.71. The zero-order valence-corrected chi connectivity index (χ0v) is 9.73. The number of halogens is 1. The Balaban J connectivity index is 2.55. The molecular weight excluding hydrogens is 176 g/mol. The van der Waals surface area contributed by atoms with Gasteiger partial charge in [0.2, 0.25) is 0 Å². The molecule has 0 aromatic rings. The molecule has 0 N–H and O–H groups in total. The van der Waals surface area contributed by atoms with Gasteiger partial charge in [-0.1, -0.05) is 6.08 Å². The van der Waals surface area contributed by atoms with Crippen LogP contribution in [0.25, 0.3) is 0 Å². The molecular formula is C8H15ClOSi. The molecule has 0 spiro atoms. The number of ether oxygens (including phenoxy) is 1. The molecule has 0 bridgehead atoms. The van der Waals surface area contributed by atoms with E-state index in [-0.39, 0.29) is 10.6 Å². The van der Waals surface area contributed by atoms with Crippen LogP contribution in [-0.4, -0.2) is 27.5 Å². The van der Waals surface area contributed by atoms with Crippen LogP contribution in [0.5, 0.6) is 0 Å². The van der Waals surface area contributed by atoms with E-state index in [0.717, 1.165) is 23.3 Å². The van der Waals surface area contributed by atoms with Crippen molar-refractivity contribution >= 4 is 21.8 Å². The molecule has 1 aliphatic rings. The molecule has 1 aliphatic heterocycles. The van der Waals surface area contributed by atoms with Crippen molar-refractivity contribution in [3.8, 4) is 0 Å². The molecule has 64 valence electrons. The summed E-state index contributed by atoms with van der Waals surface area (Å²) in [4.78, 5) is 0. The van der Waals surface area contributed by atoms with E-state index < -0.39 is 0 Å². The highest BCUT2D eigenvalue weighted by Crippen LogP contribution is 2.28. The predicted octanol–water partition coefficient (Wildman–Crippen LogP) is 1.04. The van der Waals surface area contributed by atoms with E-state index in [2.05, 4.69) is 6.58 Å². The number of hydrogen-bond acceptors (Lipinski definition) is 1. The van der Waals surface area contributed by atoms with Gasteiger partial charge in [-0.05, 0) is 19.3 Å². The molecule has 1 saturated heterocycles. The Labute approximate surface area is 76.2 Å². The van der Waals surface area contributed by atoms with Crippen molar-refractivity contribution in [2.45, 2.75) is 29.9 Å². The van der Waals surface area contributed by atoms with E-state index in [1.54, 1.807) is 6.08 Å². The lowest BCUT2D eigenvalue weighted by Crippen LogP contribution is -2.44. The minimum Gasteiger partial charge on any atom is -0.378 e. The first-order chi connectivity index (χ1) is 5.19. The van der Waals surface area contributed by atoms with Crippen LogP contribution in [0.2, 0.25) is 0 Å². The summed E-state index contributed by atoms with van der Waals surface area (Å²) in [5.74, 6) is 0. The average molecular weight is 191 g/mol. The van der Waals surface area contributed by atoms with Gasteiger partial charge in [-0.15, -0.1) is 18.2 Å². The topological polar surface area (TPSA) is 9.23 Å². The Hall–Kier alpha value is 0.207. The molecule has 1 fully saturated rings. The van der Waals surface area contributed by atoms with Gasteiger partial charge in [0.05, 0.1) is 10.6 Å². The molecule has 0 amide bonds. The van der Waals surface area contributed by atoms with E-state index in [1.807, 2.05) is 0 Å². The first kappa shape index (κ1) is 9.30. The van der Waals surface area contributed by atoms with Crippen LogP contribution < -0.4 is 0 Å². The van der Waals surface area contributed by atoms with Crippen LogP contribution in [0.3, 0.4) is 0 Å². The average Bonchev–Trinajstić information content (AvgIpc) is 2.04. The van der Waals surface area contributed by atoms with Gasteiger partial charge in [0.1, 0.15) is 0 Å². The van der Waals surface area contributed by atoms with E-state index >= 15 is 0 Å². The van der Waals surface area contributed by atoms with E-state index in [1.165, 1.54) is 12.8 Å². The first-order valence-corrected chi connectivity index (χ1v) is 5.53. The van der Waals surface area contributed by atoms with Crippen molar-refractivity contribution in [2.75, 3.05) is 6.61 Å². The molecule has 1 rings (SSSR count). The lowest BCUT2D eigenvalue weighted by molar-refractivity contribution is -0.0128. The van der Waals surface area contributed by atoms with Crippen molar-refractivity contribution in [2.24, 2.45) is 0 Å². The number of alkyl halides is 1. The Morgan fingerprint density at radius 1 is 1.64 bits per heavy atom. The second-order valence-corrected chi connectivity index (χ2v) is 5.42. The maximum absolute atomic E-state index is 6.08. The number of hydrogen-bond donors (Lipinski definition) is 0. The van der Waals surface area contributed by atoms with Crippen molar-refractivity contribution in [3.05, 3.63) is 12.7 Å². The Morgan fingerprint density at radius 2 is 2.36 bits per heavy atom. The largest absolute Gasteiger partial charge is 0.378 e. The van der Waals surface area contributed by atoms with Crippen LogP contribution in [0.15, 0.2) is 12.7 Å². The highest BCUT2D eigenvalue weighted by atomic mass is 35.5. The molecule has 0 aromatic carbocycles. The van der Waals surface area contributed by atoms with Crippen LogP contribution in [-0.2, 0) is 4.74 Å². The van der Waals surface area contributed by atoms with E-state index in [0.29, 0.717) is 0 Å². The molecule has 3 heteroatoms. The quantitative estimate of drug-likeness (QED) is 0.359. The summed E-state index contributed by atoms with van der Waals surface area (Å²) in [7, 11) is 0.998. The summed E-state index contributed by atoms with van der Waals surface area (Å²) >= 11 is 6.08. The van der Waals surface area contributed by atoms with Gasteiger partial charge in [-0.25, -0.2) is 0 Å². The van der Waals surface area contributed by atoms with E-state index in [9.17, 15) is 0 Å². The third-order valence-electron chi connectivity index (χ3n) is 2.29. The van der Waals surface area contributed by atoms with Crippen LogP contribution >= 0.6 is 11.6 Å². The summed E-state index contributed by atoms with van der Waals surface area (Å²) in [5.41, 5.74) is 0. The minimum atomic E-state index is -0.0262. The predicted molar refractivity (Wildman–Crippen MR) is 52.3 cm³/mol. The van der Waals surface area contributed by atoms with Crippen LogP contribution in [0.1, 0.15) is 19.3 Å². The molecule has 0 radical (unpaired) electrons.